The summed E-state index contributed by atoms with van der Waals surface area (Å²) >= 11 is 0. The fourth-order valence-electron chi connectivity index (χ4n) is 10.1. The third-order valence-electron chi connectivity index (χ3n) is 14.0. The van der Waals surface area contributed by atoms with E-state index in [9.17, 15) is 19.2 Å². The molecule has 4 amide bonds. The molecule has 3 aliphatic carbocycles. The van der Waals surface area contributed by atoms with Crippen molar-refractivity contribution in [3.05, 3.63) is 83.6 Å². The standard InChI is InChI=1S/C49H56F2N8O6.4H2/c1-25(2)40(56-46(62)64-6)44(60)58(24-48(5)16-17-48)23-39-52-22-38(53-39)29-10-14-33-32-13-9-27(19-34(32)49(50,51)35(33)20-29)28-11-15-36-37(21-28)55-43(54-36)42-30-8-12-31(18-30)59(42)45(61)41(26(3)4)57-47(63)65-7;;;;/h9-11,13-15,19-22,25-26,30-31,40-42H,8,12,16-18,23-24H2,1-7H3,(H,52,53)(H,54,55)(H,56,62)(H,57,63);4*1H/t30?,31?,40?,41-,42?;;;;/m0..../s1. The molecule has 9 rings (SSSR count). The molecule has 4 unspecified atom stereocenters. The van der Waals surface area contributed by atoms with Crippen molar-refractivity contribution in [3.63, 3.8) is 0 Å². The number of H-pyrrole nitrogens is 2. The van der Waals surface area contributed by atoms with E-state index >= 15 is 8.78 Å². The summed E-state index contributed by atoms with van der Waals surface area (Å²) in [4.78, 5) is 72.1. The molecule has 2 bridgehead atoms. The molecule has 3 heterocycles. The average Bonchev–Trinajstić information content (AvgIpc) is 3.86. The number of nitrogens with one attached hydrogen (secondary N) is 4. The molecule has 0 spiro atoms. The molecule has 65 heavy (non-hydrogen) atoms. The Morgan fingerprint density at radius 3 is 2.12 bits per heavy atom. The normalized spacial score (nSPS) is 20.7. The van der Waals surface area contributed by atoms with Crippen LogP contribution in [0.1, 0.15) is 101 Å². The van der Waals surface area contributed by atoms with Gasteiger partial charge < -0.3 is 39.9 Å². The van der Waals surface area contributed by atoms with Gasteiger partial charge in [-0.15, -0.1) is 0 Å². The van der Waals surface area contributed by atoms with Crippen LogP contribution in [0.4, 0.5) is 18.4 Å². The first kappa shape index (κ1) is 43.9. The third kappa shape index (κ3) is 8.09. The molecule has 1 saturated heterocycles. The zero-order valence-electron chi connectivity index (χ0n) is 37.8. The molecule has 5 atom stereocenters. The lowest BCUT2D eigenvalue weighted by atomic mass is 9.95. The van der Waals surface area contributed by atoms with Crippen molar-refractivity contribution in [2.24, 2.45) is 23.2 Å². The highest BCUT2D eigenvalue weighted by atomic mass is 19.3. The van der Waals surface area contributed by atoms with Gasteiger partial charge >= 0.3 is 12.2 Å². The Morgan fingerprint density at radius 1 is 0.862 bits per heavy atom. The van der Waals surface area contributed by atoms with Gasteiger partial charge in [-0.25, -0.2) is 19.6 Å². The molecular weight excluding hydrogens is 835 g/mol. The van der Waals surface area contributed by atoms with Crippen LogP contribution < -0.4 is 10.6 Å². The summed E-state index contributed by atoms with van der Waals surface area (Å²) in [5.74, 6) is -2.68. The van der Waals surface area contributed by atoms with Gasteiger partial charge in [0.1, 0.15) is 23.7 Å². The van der Waals surface area contributed by atoms with Crippen LogP contribution in [0.25, 0.3) is 44.5 Å². The van der Waals surface area contributed by atoms with Gasteiger partial charge in [-0.05, 0) is 102 Å². The van der Waals surface area contributed by atoms with E-state index in [-0.39, 0.29) is 70.4 Å². The number of halogens is 2. The minimum Gasteiger partial charge on any atom is -0.453 e. The van der Waals surface area contributed by atoms with Crippen molar-refractivity contribution in [1.29, 1.82) is 0 Å². The molecule has 4 aliphatic rings. The fraction of sp³-hybridized carbons (Fsp3) is 0.469. The molecule has 350 valence electrons. The van der Waals surface area contributed by atoms with Crippen LogP contribution in [0.3, 0.4) is 0 Å². The summed E-state index contributed by atoms with van der Waals surface area (Å²) in [5.41, 5.74) is 4.55. The number of aromatic amines is 2. The number of alkyl carbamates (subject to hydrolysis) is 2. The Bertz CT molecular complexity index is 2710. The van der Waals surface area contributed by atoms with E-state index in [4.69, 9.17) is 14.5 Å². The minimum absolute atomic E-state index is 0. The summed E-state index contributed by atoms with van der Waals surface area (Å²) in [7, 11) is 2.53. The highest BCUT2D eigenvalue weighted by Crippen LogP contribution is 2.53. The predicted molar refractivity (Wildman–Crippen MR) is 248 cm³/mol. The summed E-state index contributed by atoms with van der Waals surface area (Å²) < 4.78 is 42.9. The molecule has 0 radical (unpaired) electrons. The number of amides is 4. The van der Waals surface area contributed by atoms with E-state index in [1.54, 1.807) is 35.4 Å². The van der Waals surface area contributed by atoms with Crippen LogP contribution in [0.15, 0.2) is 60.8 Å². The number of piperidine rings is 1. The second-order valence-electron chi connectivity index (χ2n) is 19.3. The number of hydrogen-bond donors (Lipinski definition) is 4. The summed E-state index contributed by atoms with van der Waals surface area (Å²) in [6, 6.07) is 14.0. The highest BCUT2D eigenvalue weighted by molar-refractivity contribution is 5.89. The number of imidazole rings is 2. The van der Waals surface area contributed by atoms with Crippen LogP contribution in [-0.4, -0.2) is 92.6 Å². The molecule has 2 saturated carbocycles. The van der Waals surface area contributed by atoms with Crippen molar-refractivity contribution in [2.75, 3.05) is 20.8 Å². The predicted octanol–water partition coefficient (Wildman–Crippen LogP) is 9.67. The summed E-state index contributed by atoms with van der Waals surface area (Å²) in [5, 5.41) is 5.41. The number of benzene rings is 3. The first-order valence-electron chi connectivity index (χ1n) is 22.5. The van der Waals surface area contributed by atoms with Crippen molar-refractivity contribution >= 4 is 35.0 Å². The number of methoxy groups -OCH3 is 2. The molecule has 5 aromatic rings. The van der Waals surface area contributed by atoms with E-state index in [0.29, 0.717) is 51.7 Å². The lowest BCUT2D eigenvalue weighted by Gasteiger charge is -2.37. The van der Waals surface area contributed by atoms with Crippen LogP contribution in [0.5, 0.6) is 0 Å². The zero-order valence-corrected chi connectivity index (χ0v) is 37.8. The number of rotatable bonds is 13. The highest BCUT2D eigenvalue weighted by Gasteiger charge is 2.52. The molecule has 14 nitrogen and oxygen atoms in total. The summed E-state index contributed by atoms with van der Waals surface area (Å²) in [6.45, 7) is 10.2. The van der Waals surface area contributed by atoms with E-state index in [2.05, 4.69) is 32.5 Å². The molecule has 3 fully saturated rings. The van der Waals surface area contributed by atoms with Crippen molar-refractivity contribution in [1.82, 2.24) is 40.4 Å². The number of fused-ring (bicyclic) bond motifs is 6. The topological polar surface area (TPSA) is 175 Å². The van der Waals surface area contributed by atoms with Gasteiger partial charge in [-0.2, -0.15) is 8.78 Å². The van der Waals surface area contributed by atoms with Gasteiger partial charge in [-0.1, -0.05) is 65.0 Å². The molecule has 1 aliphatic heterocycles. The fourth-order valence-corrected chi connectivity index (χ4v) is 10.1. The maximum absolute atomic E-state index is 16.6. The molecule has 16 heteroatoms. The second-order valence-corrected chi connectivity index (χ2v) is 19.3. The van der Waals surface area contributed by atoms with Crippen LogP contribution in [0.2, 0.25) is 0 Å². The maximum atomic E-state index is 16.6. The van der Waals surface area contributed by atoms with Gasteiger partial charge in [0, 0.05) is 35.0 Å². The Morgan fingerprint density at radius 2 is 1.48 bits per heavy atom. The lowest BCUT2D eigenvalue weighted by Crippen LogP contribution is -2.54. The monoisotopic (exact) mass is 898 g/mol. The van der Waals surface area contributed by atoms with Crippen LogP contribution in [0, 0.1) is 23.2 Å². The minimum atomic E-state index is -3.29. The number of aromatic nitrogens is 4. The molecular formula is C49H64F2N8O6. The number of carbonyl (C=O) groups excluding carboxylic acids is 4. The van der Waals surface area contributed by atoms with Crippen molar-refractivity contribution in [3.8, 4) is 33.5 Å². The van der Waals surface area contributed by atoms with Crippen LogP contribution in [-0.2, 0) is 31.5 Å². The second kappa shape index (κ2) is 16.6. The molecule has 2 aromatic heterocycles. The summed E-state index contributed by atoms with van der Waals surface area (Å²) in [6.07, 6.45) is 4.93. The lowest BCUT2D eigenvalue weighted by molar-refractivity contribution is -0.139. The Labute approximate surface area is 382 Å². The van der Waals surface area contributed by atoms with Gasteiger partial charge in [0.05, 0.1) is 49.7 Å². The van der Waals surface area contributed by atoms with Crippen molar-refractivity contribution < 1.29 is 43.1 Å². The van der Waals surface area contributed by atoms with E-state index in [1.807, 2.05) is 56.9 Å². The van der Waals surface area contributed by atoms with E-state index in [1.165, 1.54) is 20.3 Å². The number of nitrogens with zero attached hydrogens (tertiary/aromatic N) is 4. The smallest absolute Gasteiger partial charge is 0.407 e. The first-order chi connectivity index (χ1) is 31.0. The third-order valence-corrected chi connectivity index (χ3v) is 14.0. The Hall–Kier alpha value is -6.32. The van der Waals surface area contributed by atoms with E-state index in [0.717, 1.165) is 43.2 Å². The molecule has 3 aromatic carbocycles. The Kier molecular flexibility index (Phi) is 11.2. The number of carbonyl (C=O) groups is 4. The van der Waals surface area contributed by atoms with Crippen molar-refractivity contribution in [2.45, 2.75) is 103 Å². The van der Waals surface area contributed by atoms with Gasteiger partial charge in [0.15, 0.2) is 0 Å². The average molecular weight is 899 g/mol. The van der Waals surface area contributed by atoms with Gasteiger partial charge in [-0.3, -0.25) is 9.59 Å². The SMILES string of the molecule is COC(=O)NC(C(=O)N(Cc1ncc(-c2ccc3c(c2)C(F)(F)c2cc(-c4ccc5nc(C6C7CCC(C7)N6C(=O)[C@@H](NC(=O)OC)C(C)C)[nH]c5c4)ccc2-3)[nH]1)CC1(C)CC1)C(C)C.[HH].[HH].[HH].[HH]. The number of ether oxygens (including phenoxy) is 2. The number of alkyl halides is 2. The quantitative estimate of drug-likeness (QED) is 0.0904. The zero-order chi connectivity index (χ0) is 46.1. The largest absolute Gasteiger partial charge is 0.453 e. The van der Waals surface area contributed by atoms with E-state index < -0.39 is 30.2 Å². The number of hydrogen-bond acceptors (Lipinski definition) is 8. The maximum Gasteiger partial charge on any atom is 0.407 e. The van der Waals surface area contributed by atoms with Crippen LogP contribution >= 0.6 is 0 Å². The van der Waals surface area contributed by atoms with Gasteiger partial charge in [0.25, 0.3) is 5.92 Å². The number of likely N-dealkylation sites (tertiary alicyclic amines) is 1. The first-order valence-corrected chi connectivity index (χ1v) is 22.5. The van der Waals surface area contributed by atoms with Gasteiger partial charge in [0.2, 0.25) is 11.8 Å². The Balaban J connectivity index is 0.00000222. The molecule has 4 N–H and O–H groups in total.